The fourth-order valence-electron chi connectivity index (χ4n) is 1.49. The van der Waals surface area contributed by atoms with Crippen LogP contribution < -0.4 is 0 Å². The third-order valence-electron chi connectivity index (χ3n) is 2.32. The number of azide groups is 1. The van der Waals surface area contributed by atoms with Crippen molar-refractivity contribution in [1.82, 2.24) is 0 Å². The first-order valence-corrected chi connectivity index (χ1v) is 4.42. The number of aliphatic carboxylic acids is 1. The molecule has 0 bridgehead atoms. The molecule has 1 aliphatic heterocycles. The van der Waals surface area contributed by atoms with E-state index in [1.165, 1.54) is 0 Å². The SMILES string of the molecule is [N-]=[N+]=NC1C(C(=O)O)OC(CO)[C@H](O)[C@@H]1O. The Labute approximate surface area is 89.5 Å². The maximum atomic E-state index is 10.8. The van der Waals surface area contributed by atoms with Crippen LogP contribution in [0.3, 0.4) is 0 Å². The van der Waals surface area contributed by atoms with E-state index in [4.69, 9.17) is 20.5 Å². The van der Waals surface area contributed by atoms with Gasteiger partial charge in [-0.2, -0.15) is 0 Å². The number of ether oxygens (including phenoxy) is 1. The highest BCUT2D eigenvalue weighted by molar-refractivity contribution is 5.73. The molecule has 1 fully saturated rings. The molecule has 0 aromatic rings. The average Bonchev–Trinajstić information content (AvgIpc) is 2.25. The van der Waals surface area contributed by atoms with Crippen LogP contribution in [0.2, 0.25) is 0 Å². The zero-order valence-electron chi connectivity index (χ0n) is 8.04. The first-order chi connectivity index (χ1) is 7.52. The third-order valence-corrected chi connectivity index (χ3v) is 2.32. The zero-order chi connectivity index (χ0) is 12.3. The molecule has 90 valence electrons. The van der Waals surface area contributed by atoms with Gasteiger partial charge in [-0.1, -0.05) is 5.11 Å². The topological polar surface area (TPSA) is 156 Å². The Morgan fingerprint density at radius 2 is 2.06 bits per heavy atom. The van der Waals surface area contributed by atoms with Crippen LogP contribution in [0.15, 0.2) is 5.11 Å². The number of rotatable bonds is 3. The van der Waals surface area contributed by atoms with E-state index in [9.17, 15) is 15.0 Å². The molecule has 0 radical (unpaired) electrons. The highest BCUT2D eigenvalue weighted by Crippen LogP contribution is 2.23. The number of hydrogen-bond donors (Lipinski definition) is 4. The van der Waals surface area contributed by atoms with Crippen molar-refractivity contribution in [2.24, 2.45) is 5.11 Å². The summed E-state index contributed by atoms with van der Waals surface area (Å²) in [6.45, 7) is -0.648. The van der Waals surface area contributed by atoms with Gasteiger partial charge in [0.25, 0.3) is 0 Å². The summed E-state index contributed by atoms with van der Waals surface area (Å²) in [7, 11) is 0. The second kappa shape index (κ2) is 5.10. The lowest BCUT2D eigenvalue weighted by Gasteiger charge is -2.38. The van der Waals surface area contributed by atoms with Crippen molar-refractivity contribution in [3.8, 4) is 0 Å². The summed E-state index contributed by atoms with van der Waals surface area (Å²) in [5, 5.41) is 39.6. The van der Waals surface area contributed by atoms with Gasteiger partial charge in [0, 0.05) is 4.91 Å². The van der Waals surface area contributed by atoms with Gasteiger partial charge in [0.15, 0.2) is 6.10 Å². The fourth-order valence-corrected chi connectivity index (χ4v) is 1.49. The van der Waals surface area contributed by atoms with Crippen molar-refractivity contribution in [2.75, 3.05) is 6.61 Å². The standard InChI is InChI=1S/C7H11N3O6/c8-10-9-3-5(13)4(12)2(1-11)16-6(3)7(14)15/h2-6,11-13H,1H2,(H,14,15)/t2?,3?,4-,5+,6?/m0/s1. The van der Waals surface area contributed by atoms with Gasteiger partial charge in [0.05, 0.1) is 12.7 Å². The van der Waals surface area contributed by atoms with E-state index < -0.39 is 43.0 Å². The van der Waals surface area contributed by atoms with Crippen molar-refractivity contribution < 1.29 is 30.0 Å². The smallest absolute Gasteiger partial charge is 0.333 e. The summed E-state index contributed by atoms with van der Waals surface area (Å²) in [4.78, 5) is 13.1. The van der Waals surface area contributed by atoms with E-state index in [-0.39, 0.29) is 0 Å². The summed E-state index contributed by atoms with van der Waals surface area (Å²) >= 11 is 0. The quantitative estimate of drug-likeness (QED) is 0.257. The number of hydrogen-bond acceptors (Lipinski definition) is 6. The fraction of sp³-hybridized carbons (Fsp3) is 0.857. The summed E-state index contributed by atoms with van der Waals surface area (Å²) in [6.07, 6.45) is -5.91. The molecule has 4 N–H and O–H groups in total. The normalized spacial score (nSPS) is 38.8. The van der Waals surface area contributed by atoms with Gasteiger partial charge in [-0.25, -0.2) is 4.79 Å². The maximum Gasteiger partial charge on any atom is 0.333 e. The molecule has 0 aliphatic carbocycles. The summed E-state index contributed by atoms with van der Waals surface area (Å²) in [5.74, 6) is -1.44. The molecule has 1 heterocycles. The van der Waals surface area contributed by atoms with E-state index in [1.807, 2.05) is 0 Å². The van der Waals surface area contributed by atoms with E-state index in [0.717, 1.165) is 0 Å². The molecule has 1 aliphatic rings. The molecule has 0 aromatic heterocycles. The minimum Gasteiger partial charge on any atom is -0.479 e. The number of aliphatic hydroxyl groups is 3. The largest absolute Gasteiger partial charge is 0.479 e. The zero-order valence-corrected chi connectivity index (χ0v) is 8.04. The molecular weight excluding hydrogens is 222 g/mol. The van der Waals surface area contributed by atoms with Gasteiger partial charge < -0.3 is 25.2 Å². The number of carbonyl (C=O) groups is 1. The Bertz CT molecular complexity index is 317. The van der Waals surface area contributed by atoms with Crippen LogP contribution in [0.25, 0.3) is 10.4 Å². The van der Waals surface area contributed by atoms with Gasteiger partial charge in [0.2, 0.25) is 0 Å². The van der Waals surface area contributed by atoms with Crippen LogP contribution >= 0.6 is 0 Å². The Hall–Kier alpha value is -1.38. The summed E-state index contributed by atoms with van der Waals surface area (Å²) in [5.41, 5.74) is 8.21. The Morgan fingerprint density at radius 1 is 1.44 bits per heavy atom. The predicted molar refractivity (Wildman–Crippen MR) is 48.3 cm³/mol. The molecule has 9 heteroatoms. The summed E-state index contributed by atoms with van der Waals surface area (Å²) in [6, 6.07) is -1.43. The second-order valence-corrected chi connectivity index (χ2v) is 3.29. The maximum absolute atomic E-state index is 10.8. The highest BCUT2D eigenvalue weighted by atomic mass is 16.5. The van der Waals surface area contributed by atoms with E-state index in [1.54, 1.807) is 0 Å². The molecule has 16 heavy (non-hydrogen) atoms. The average molecular weight is 233 g/mol. The minimum atomic E-state index is -1.59. The Morgan fingerprint density at radius 3 is 2.50 bits per heavy atom. The van der Waals surface area contributed by atoms with Crippen LogP contribution in [0.1, 0.15) is 0 Å². The molecule has 0 aromatic carbocycles. The number of carboxylic acid groups (broad SMARTS) is 1. The Balaban J connectivity index is 2.96. The molecule has 0 spiro atoms. The van der Waals surface area contributed by atoms with Crippen molar-refractivity contribution >= 4 is 5.97 Å². The molecular formula is C7H11N3O6. The monoisotopic (exact) mass is 233 g/mol. The highest BCUT2D eigenvalue weighted by Gasteiger charge is 2.46. The molecule has 1 saturated heterocycles. The van der Waals surface area contributed by atoms with Gasteiger partial charge in [0.1, 0.15) is 18.2 Å². The van der Waals surface area contributed by atoms with Crippen LogP contribution in [0.4, 0.5) is 0 Å². The van der Waals surface area contributed by atoms with Gasteiger partial charge in [-0.15, -0.1) is 0 Å². The lowest BCUT2D eigenvalue weighted by Crippen LogP contribution is -2.59. The van der Waals surface area contributed by atoms with Crippen LogP contribution in [-0.4, -0.2) is 63.5 Å². The number of carboxylic acids is 1. The van der Waals surface area contributed by atoms with Gasteiger partial charge in [-0.3, -0.25) is 0 Å². The third kappa shape index (κ3) is 2.23. The molecule has 0 saturated carbocycles. The van der Waals surface area contributed by atoms with Crippen molar-refractivity contribution in [1.29, 1.82) is 0 Å². The van der Waals surface area contributed by atoms with Crippen LogP contribution in [0, 0.1) is 0 Å². The first kappa shape index (κ1) is 12.7. The molecule has 9 nitrogen and oxygen atoms in total. The molecule has 5 atom stereocenters. The lowest BCUT2D eigenvalue weighted by atomic mass is 9.93. The first-order valence-electron chi connectivity index (χ1n) is 4.42. The number of nitrogens with zero attached hydrogens (tertiary/aromatic N) is 3. The van der Waals surface area contributed by atoms with Crippen LogP contribution in [-0.2, 0) is 9.53 Å². The van der Waals surface area contributed by atoms with Crippen molar-refractivity contribution in [3.05, 3.63) is 10.4 Å². The van der Waals surface area contributed by atoms with Crippen molar-refractivity contribution in [3.63, 3.8) is 0 Å². The van der Waals surface area contributed by atoms with E-state index in [0.29, 0.717) is 0 Å². The molecule has 0 amide bonds. The van der Waals surface area contributed by atoms with Gasteiger partial charge in [-0.05, 0) is 5.53 Å². The minimum absolute atomic E-state index is 0.648. The number of aliphatic hydroxyl groups excluding tert-OH is 3. The lowest BCUT2D eigenvalue weighted by molar-refractivity contribution is -0.202. The Kier molecular flexibility index (Phi) is 4.05. The van der Waals surface area contributed by atoms with Crippen LogP contribution in [0.5, 0.6) is 0 Å². The summed E-state index contributed by atoms with van der Waals surface area (Å²) < 4.78 is 4.82. The van der Waals surface area contributed by atoms with E-state index >= 15 is 0 Å². The van der Waals surface area contributed by atoms with Gasteiger partial charge >= 0.3 is 5.97 Å². The van der Waals surface area contributed by atoms with Crippen molar-refractivity contribution in [2.45, 2.75) is 30.5 Å². The van der Waals surface area contributed by atoms with E-state index in [2.05, 4.69) is 10.0 Å². The predicted octanol–water partition coefficient (Wildman–Crippen LogP) is -1.77. The molecule has 3 unspecified atom stereocenters. The second-order valence-electron chi connectivity index (χ2n) is 3.29. The molecule has 1 rings (SSSR count).